The van der Waals surface area contributed by atoms with Gasteiger partial charge in [0.25, 0.3) is 5.91 Å². The third-order valence-corrected chi connectivity index (χ3v) is 5.54. The molecule has 0 fully saturated rings. The summed E-state index contributed by atoms with van der Waals surface area (Å²) in [5.41, 5.74) is 3.05. The molecular formula is C26H21NO4. The van der Waals surface area contributed by atoms with Crippen molar-refractivity contribution >= 4 is 22.6 Å². The topological polar surface area (TPSA) is 59.8 Å². The van der Waals surface area contributed by atoms with E-state index >= 15 is 0 Å². The molecule has 3 aromatic carbocycles. The van der Waals surface area contributed by atoms with Crippen molar-refractivity contribution in [3.63, 3.8) is 0 Å². The number of amides is 1. The lowest BCUT2D eigenvalue weighted by atomic mass is 9.97. The molecule has 1 aliphatic heterocycles. The van der Waals surface area contributed by atoms with Crippen molar-refractivity contribution in [1.82, 2.24) is 0 Å². The maximum Gasteiger partial charge on any atom is 0.295 e. The van der Waals surface area contributed by atoms with E-state index in [0.29, 0.717) is 34.6 Å². The second kappa shape index (κ2) is 7.43. The van der Waals surface area contributed by atoms with Gasteiger partial charge in [-0.05, 0) is 55.8 Å². The Morgan fingerprint density at radius 3 is 2.55 bits per heavy atom. The van der Waals surface area contributed by atoms with E-state index in [1.807, 2.05) is 80.6 Å². The number of carbonyl (C=O) groups excluding carboxylic acids is 1. The highest BCUT2D eigenvalue weighted by molar-refractivity contribution is 6.10. The second-order valence-corrected chi connectivity index (χ2v) is 7.59. The van der Waals surface area contributed by atoms with Crippen molar-refractivity contribution in [3.8, 4) is 5.75 Å². The fourth-order valence-electron chi connectivity index (χ4n) is 4.20. The van der Waals surface area contributed by atoms with Crippen LogP contribution in [0.1, 0.15) is 40.2 Å². The smallest absolute Gasteiger partial charge is 0.295 e. The van der Waals surface area contributed by atoms with Crippen molar-refractivity contribution < 1.29 is 13.9 Å². The summed E-state index contributed by atoms with van der Waals surface area (Å²) in [6.45, 7) is 4.37. The van der Waals surface area contributed by atoms with Gasteiger partial charge in [-0.15, -0.1) is 0 Å². The lowest BCUT2D eigenvalue weighted by Gasteiger charge is -2.25. The third kappa shape index (κ3) is 3.10. The Bertz CT molecular complexity index is 1360. The van der Waals surface area contributed by atoms with Gasteiger partial charge in [-0.25, -0.2) is 0 Å². The molecule has 0 saturated carbocycles. The van der Waals surface area contributed by atoms with Crippen molar-refractivity contribution in [1.29, 1.82) is 0 Å². The summed E-state index contributed by atoms with van der Waals surface area (Å²) in [7, 11) is 0. The van der Waals surface area contributed by atoms with Crippen LogP contribution in [0.4, 0.5) is 5.69 Å². The molecule has 2 heterocycles. The van der Waals surface area contributed by atoms with Gasteiger partial charge in [-0.3, -0.25) is 14.5 Å². The van der Waals surface area contributed by atoms with Gasteiger partial charge in [-0.2, -0.15) is 0 Å². The Labute approximate surface area is 179 Å². The summed E-state index contributed by atoms with van der Waals surface area (Å²) in [4.78, 5) is 28.8. The average Bonchev–Trinajstić information content (AvgIpc) is 3.08. The van der Waals surface area contributed by atoms with Crippen molar-refractivity contribution in [2.75, 3.05) is 11.5 Å². The number of hydrogen-bond acceptors (Lipinski definition) is 4. The van der Waals surface area contributed by atoms with E-state index in [1.54, 1.807) is 11.0 Å². The average molecular weight is 411 g/mol. The molecule has 1 unspecified atom stereocenters. The standard InChI is InChI=1S/C26H21NO4/c1-3-30-19-11-7-8-17(15-19)23-22-24(28)20-14-16(2)12-13-21(20)31-25(22)26(29)27(23)18-9-5-4-6-10-18/h4-15,23H,3H2,1-2H3. The van der Waals surface area contributed by atoms with Gasteiger partial charge >= 0.3 is 0 Å². The molecule has 0 bridgehead atoms. The highest BCUT2D eigenvalue weighted by Gasteiger charge is 2.43. The minimum absolute atomic E-state index is 0.0945. The highest BCUT2D eigenvalue weighted by Crippen LogP contribution is 2.41. The molecule has 5 nitrogen and oxygen atoms in total. The predicted octanol–water partition coefficient (Wildman–Crippen LogP) is 5.25. The van der Waals surface area contributed by atoms with E-state index in [2.05, 4.69) is 0 Å². The molecule has 5 heteroatoms. The molecule has 31 heavy (non-hydrogen) atoms. The Kier molecular flexibility index (Phi) is 4.59. The monoisotopic (exact) mass is 411 g/mol. The molecule has 1 atom stereocenters. The second-order valence-electron chi connectivity index (χ2n) is 7.59. The van der Waals surface area contributed by atoms with Crippen LogP contribution in [0.5, 0.6) is 5.75 Å². The van der Waals surface area contributed by atoms with Crippen LogP contribution in [0.2, 0.25) is 0 Å². The predicted molar refractivity (Wildman–Crippen MR) is 120 cm³/mol. The number of hydrogen-bond donors (Lipinski definition) is 0. The molecule has 1 aromatic heterocycles. The van der Waals surface area contributed by atoms with Crippen molar-refractivity contribution in [3.05, 3.63) is 105 Å². The first-order chi connectivity index (χ1) is 15.1. The Morgan fingerprint density at radius 1 is 0.968 bits per heavy atom. The first-order valence-electron chi connectivity index (χ1n) is 10.3. The number of anilines is 1. The summed E-state index contributed by atoms with van der Waals surface area (Å²) >= 11 is 0. The fraction of sp³-hybridized carbons (Fsp3) is 0.154. The van der Waals surface area contributed by atoms with E-state index in [9.17, 15) is 9.59 Å². The number of fused-ring (bicyclic) bond motifs is 2. The van der Waals surface area contributed by atoms with E-state index < -0.39 is 6.04 Å². The van der Waals surface area contributed by atoms with E-state index in [4.69, 9.17) is 9.15 Å². The van der Waals surface area contributed by atoms with E-state index in [-0.39, 0.29) is 17.1 Å². The molecule has 0 spiro atoms. The molecule has 0 N–H and O–H groups in total. The summed E-state index contributed by atoms with van der Waals surface area (Å²) < 4.78 is 11.7. The van der Waals surface area contributed by atoms with Gasteiger partial charge < -0.3 is 9.15 Å². The first-order valence-corrected chi connectivity index (χ1v) is 10.3. The van der Waals surface area contributed by atoms with Gasteiger partial charge in [0.1, 0.15) is 11.3 Å². The normalized spacial score (nSPS) is 15.4. The van der Waals surface area contributed by atoms with Crippen LogP contribution in [0.3, 0.4) is 0 Å². The molecule has 1 amide bonds. The van der Waals surface area contributed by atoms with Gasteiger partial charge in [0.05, 0.1) is 23.6 Å². The van der Waals surface area contributed by atoms with Crippen molar-refractivity contribution in [2.45, 2.75) is 19.9 Å². The van der Waals surface area contributed by atoms with E-state index in [1.165, 1.54) is 0 Å². The number of ether oxygens (including phenoxy) is 1. The molecule has 0 radical (unpaired) electrons. The number of rotatable bonds is 4. The SMILES string of the molecule is CCOc1cccc(C2c3c(oc4ccc(C)cc4c3=O)C(=O)N2c2ccccc2)c1. The fourth-order valence-corrected chi connectivity index (χ4v) is 4.20. The van der Waals surface area contributed by atoms with Crippen LogP contribution >= 0.6 is 0 Å². The number of carbonyl (C=O) groups is 1. The summed E-state index contributed by atoms with van der Waals surface area (Å²) in [6, 6.07) is 21.7. The maximum atomic E-state index is 13.6. The summed E-state index contributed by atoms with van der Waals surface area (Å²) in [5.74, 6) is 0.458. The van der Waals surface area contributed by atoms with Crippen LogP contribution in [0.25, 0.3) is 11.0 Å². The Morgan fingerprint density at radius 2 is 1.77 bits per heavy atom. The first kappa shape index (κ1) is 19.1. The zero-order valence-electron chi connectivity index (χ0n) is 17.3. The minimum atomic E-state index is -0.605. The number of nitrogens with zero attached hydrogens (tertiary/aromatic N) is 1. The quantitative estimate of drug-likeness (QED) is 0.460. The van der Waals surface area contributed by atoms with E-state index in [0.717, 1.165) is 11.1 Å². The summed E-state index contributed by atoms with van der Waals surface area (Å²) in [5, 5.41) is 0.479. The van der Waals surface area contributed by atoms with Gasteiger partial charge in [-0.1, -0.05) is 42.0 Å². The Balaban J connectivity index is 1.80. The largest absolute Gasteiger partial charge is 0.494 e. The zero-order chi connectivity index (χ0) is 21.5. The van der Waals surface area contributed by atoms with Gasteiger partial charge in [0.2, 0.25) is 5.76 Å². The van der Waals surface area contributed by atoms with Crippen LogP contribution < -0.4 is 15.1 Å². The Hall–Kier alpha value is -3.86. The third-order valence-electron chi connectivity index (χ3n) is 5.54. The maximum absolute atomic E-state index is 13.6. The zero-order valence-corrected chi connectivity index (χ0v) is 17.3. The molecule has 4 aromatic rings. The van der Waals surface area contributed by atoms with Gasteiger partial charge in [0, 0.05) is 5.69 Å². The molecule has 5 rings (SSSR count). The molecule has 0 saturated heterocycles. The minimum Gasteiger partial charge on any atom is -0.494 e. The molecule has 1 aliphatic rings. The van der Waals surface area contributed by atoms with Crippen LogP contribution in [-0.2, 0) is 0 Å². The summed E-state index contributed by atoms with van der Waals surface area (Å²) in [6.07, 6.45) is 0. The number of para-hydroxylation sites is 1. The lowest BCUT2D eigenvalue weighted by Crippen LogP contribution is -2.29. The van der Waals surface area contributed by atoms with Crippen LogP contribution in [0.15, 0.2) is 82.0 Å². The van der Waals surface area contributed by atoms with Gasteiger partial charge in [0.15, 0.2) is 5.43 Å². The number of benzene rings is 3. The molecule has 154 valence electrons. The van der Waals surface area contributed by atoms with Crippen molar-refractivity contribution in [2.24, 2.45) is 0 Å². The highest BCUT2D eigenvalue weighted by atomic mass is 16.5. The number of aryl methyl sites for hydroxylation is 1. The molecular weight excluding hydrogens is 390 g/mol. The van der Waals surface area contributed by atoms with Crippen LogP contribution in [0, 0.1) is 6.92 Å². The molecule has 0 aliphatic carbocycles. The lowest BCUT2D eigenvalue weighted by molar-refractivity contribution is 0.0971. The van der Waals surface area contributed by atoms with Crippen LogP contribution in [-0.4, -0.2) is 12.5 Å².